The van der Waals surface area contributed by atoms with Crippen LogP contribution >= 0.6 is 15.9 Å². The van der Waals surface area contributed by atoms with Gasteiger partial charge in [0.1, 0.15) is 5.75 Å². The quantitative estimate of drug-likeness (QED) is 0.610. The number of ether oxygens (including phenoxy) is 1. The van der Waals surface area contributed by atoms with Crippen LogP contribution in [0, 0.1) is 0 Å². The van der Waals surface area contributed by atoms with E-state index in [0.717, 1.165) is 15.8 Å². The number of nitrogens with one attached hydrogen (secondary N) is 1. The van der Waals surface area contributed by atoms with Crippen LogP contribution < -0.4 is 16.0 Å². The summed E-state index contributed by atoms with van der Waals surface area (Å²) in [6.07, 6.45) is 0. The Hall–Kier alpha value is -0.580. The maximum Gasteiger partial charge on any atom is 0.137 e. The molecule has 0 atom stereocenters. The highest BCUT2D eigenvalue weighted by molar-refractivity contribution is 9.10. The molecule has 3 N–H and O–H groups in total. The molecule has 0 heterocycles. The summed E-state index contributed by atoms with van der Waals surface area (Å²) in [4.78, 5) is 0. The van der Waals surface area contributed by atoms with E-state index in [1.807, 2.05) is 18.2 Å². The maximum atomic E-state index is 5.21. The van der Waals surface area contributed by atoms with E-state index in [1.54, 1.807) is 7.11 Å². The molecule has 1 rings (SSSR count). The number of hydrazine groups is 1. The van der Waals surface area contributed by atoms with E-state index in [0.29, 0.717) is 6.54 Å². The lowest BCUT2D eigenvalue weighted by atomic mass is 10.2. The molecule has 0 fully saturated rings. The average Bonchev–Trinajstić information content (AvgIpc) is 2.05. The Morgan fingerprint density at radius 1 is 1.58 bits per heavy atom. The Labute approximate surface area is 80.0 Å². The molecule has 12 heavy (non-hydrogen) atoms. The first kappa shape index (κ1) is 9.51. The Balaban J connectivity index is 3.00. The molecule has 4 heteroatoms. The maximum absolute atomic E-state index is 5.21. The van der Waals surface area contributed by atoms with Gasteiger partial charge in [0, 0.05) is 12.1 Å². The highest BCUT2D eigenvalue weighted by atomic mass is 79.9. The van der Waals surface area contributed by atoms with Crippen molar-refractivity contribution < 1.29 is 4.74 Å². The molecule has 0 saturated carbocycles. The van der Waals surface area contributed by atoms with E-state index in [1.165, 1.54) is 0 Å². The molecule has 0 aliphatic carbocycles. The van der Waals surface area contributed by atoms with Crippen LogP contribution in [0.25, 0.3) is 0 Å². The van der Waals surface area contributed by atoms with Crippen LogP contribution in [0.15, 0.2) is 22.7 Å². The van der Waals surface area contributed by atoms with Gasteiger partial charge >= 0.3 is 0 Å². The van der Waals surface area contributed by atoms with Crippen LogP contribution in [-0.2, 0) is 6.54 Å². The fraction of sp³-hybridized carbons (Fsp3) is 0.250. The van der Waals surface area contributed by atoms with Crippen molar-refractivity contribution >= 4 is 15.9 Å². The van der Waals surface area contributed by atoms with E-state index in [2.05, 4.69) is 21.4 Å². The van der Waals surface area contributed by atoms with Gasteiger partial charge in [-0.3, -0.25) is 11.3 Å². The Kier molecular flexibility index (Phi) is 3.52. The average molecular weight is 231 g/mol. The third-order valence-corrected chi connectivity index (χ3v) is 2.17. The van der Waals surface area contributed by atoms with Gasteiger partial charge in [-0.25, -0.2) is 0 Å². The molecule has 1 aromatic carbocycles. The van der Waals surface area contributed by atoms with Gasteiger partial charge in [-0.1, -0.05) is 12.1 Å². The van der Waals surface area contributed by atoms with Crippen molar-refractivity contribution in [3.63, 3.8) is 0 Å². The highest BCUT2D eigenvalue weighted by Crippen LogP contribution is 2.28. The predicted octanol–water partition coefficient (Wildman–Crippen LogP) is 1.42. The minimum atomic E-state index is 0.600. The molecule has 66 valence electrons. The number of rotatable bonds is 3. The SMILES string of the molecule is COc1c(Br)cccc1CNN. The van der Waals surface area contributed by atoms with Crippen LogP contribution in [0.1, 0.15) is 5.56 Å². The highest BCUT2D eigenvalue weighted by Gasteiger charge is 2.04. The summed E-state index contributed by atoms with van der Waals surface area (Å²) < 4.78 is 6.13. The first-order valence-electron chi connectivity index (χ1n) is 3.54. The van der Waals surface area contributed by atoms with Crippen LogP contribution in [0.2, 0.25) is 0 Å². The fourth-order valence-corrected chi connectivity index (χ4v) is 1.60. The van der Waals surface area contributed by atoms with Crippen molar-refractivity contribution in [2.24, 2.45) is 5.84 Å². The van der Waals surface area contributed by atoms with Crippen molar-refractivity contribution in [2.45, 2.75) is 6.54 Å². The summed E-state index contributed by atoms with van der Waals surface area (Å²) in [5.41, 5.74) is 3.62. The topological polar surface area (TPSA) is 47.3 Å². The van der Waals surface area contributed by atoms with Crippen LogP contribution in [0.3, 0.4) is 0 Å². The van der Waals surface area contributed by atoms with Gasteiger partial charge in [0.25, 0.3) is 0 Å². The minimum Gasteiger partial charge on any atom is -0.495 e. The smallest absolute Gasteiger partial charge is 0.137 e. The van der Waals surface area contributed by atoms with Crippen molar-refractivity contribution in [3.8, 4) is 5.75 Å². The van der Waals surface area contributed by atoms with E-state index in [-0.39, 0.29) is 0 Å². The first-order valence-corrected chi connectivity index (χ1v) is 4.33. The van der Waals surface area contributed by atoms with Crippen molar-refractivity contribution in [2.75, 3.05) is 7.11 Å². The summed E-state index contributed by atoms with van der Waals surface area (Å²) in [6, 6.07) is 5.83. The second kappa shape index (κ2) is 4.45. The third-order valence-electron chi connectivity index (χ3n) is 1.55. The van der Waals surface area contributed by atoms with Gasteiger partial charge < -0.3 is 4.74 Å². The molecule has 0 aliphatic rings. The molecule has 0 unspecified atom stereocenters. The standard InChI is InChI=1S/C8H11BrN2O/c1-12-8-6(5-11-10)3-2-4-7(8)9/h2-4,11H,5,10H2,1H3. The molecule has 0 bridgehead atoms. The summed E-state index contributed by atoms with van der Waals surface area (Å²) in [5.74, 6) is 6.04. The second-order valence-corrected chi connectivity index (χ2v) is 3.17. The summed E-state index contributed by atoms with van der Waals surface area (Å²) in [7, 11) is 1.64. The van der Waals surface area contributed by atoms with Crippen LogP contribution in [0.4, 0.5) is 0 Å². The van der Waals surface area contributed by atoms with Gasteiger partial charge in [0.05, 0.1) is 11.6 Å². The molecule has 0 saturated heterocycles. The molecule has 0 amide bonds. The fourth-order valence-electron chi connectivity index (χ4n) is 1.03. The summed E-state index contributed by atoms with van der Waals surface area (Å²) in [6.45, 7) is 0.600. The number of hydrogen-bond acceptors (Lipinski definition) is 3. The zero-order valence-electron chi connectivity index (χ0n) is 6.80. The normalized spacial score (nSPS) is 9.92. The Morgan fingerprint density at radius 3 is 2.92 bits per heavy atom. The first-order chi connectivity index (χ1) is 5.79. The molecule has 0 aromatic heterocycles. The Morgan fingerprint density at radius 2 is 2.33 bits per heavy atom. The lowest BCUT2D eigenvalue weighted by Crippen LogP contribution is -2.21. The Bertz CT molecular complexity index is 265. The van der Waals surface area contributed by atoms with Crippen LogP contribution in [0.5, 0.6) is 5.75 Å². The van der Waals surface area contributed by atoms with Crippen molar-refractivity contribution in [1.29, 1.82) is 0 Å². The monoisotopic (exact) mass is 230 g/mol. The number of benzene rings is 1. The van der Waals surface area contributed by atoms with Gasteiger partial charge in [0.2, 0.25) is 0 Å². The molecule has 0 spiro atoms. The third kappa shape index (κ3) is 1.97. The lowest BCUT2D eigenvalue weighted by molar-refractivity contribution is 0.405. The van der Waals surface area contributed by atoms with Gasteiger partial charge in [-0.2, -0.15) is 0 Å². The number of hydrogen-bond donors (Lipinski definition) is 2. The molecule has 0 radical (unpaired) electrons. The van der Waals surface area contributed by atoms with E-state index in [9.17, 15) is 0 Å². The van der Waals surface area contributed by atoms with Crippen molar-refractivity contribution in [3.05, 3.63) is 28.2 Å². The molecule has 3 nitrogen and oxygen atoms in total. The number of halogens is 1. The van der Waals surface area contributed by atoms with E-state index < -0.39 is 0 Å². The van der Waals surface area contributed by atoms with Gasteiger partial charge in [-0.15, -0.1) is 0 Å². The van der Waals surface area contributed by atoms with Crippen LogP contribution in [-0.4, -0.2) is 7.11 Å². The molecule has 0 aliphatic heterocycles. The second-order valence-electron chi connectivity index (χ2n) is 2.31. The molecular weight excluding hydrogens is 220 g/mol. The van der Waals surface area contributed by atoms with E-state index >= 15 is 0 Å². The zero-order valence-corrected chi connectivity index (χ0v) is 8.39. The zero-order chi connectivity index (χ0) is 8.97. The van der Waals surface area contributed by atoms with Crippen molar-refractivity contribution in [1.82, 2.24) is 5.43 Å². The van der Waals surface area contributed by atoms with Gasteiger partial charge in [-0.05, 0) is 22.0 Å². The molecular formula is C8H11BrN2O. The number of methoxy groups -OCH3 is 1. The molecule has 1 aromatic rings. The predicted molar refractivity (Wildman–Crippen MR) is 51.7 cm³/mol. The minimum absolute atomic E-state index is 0.600. The summed E-state index contributed by atoms with van der Waals surface area (Å²) in [5, 5.41) is 0. The number of para-hydroxylation sites is 1. The largest absolute Gasteiger partial charge is 0.495 e. The summed E-state index contributed by atoms with van der Waals surface area (Å²) >= 11 is 3.38. The number of nitrogens with two attached hydrogens (primary N) is 1. The lowest BCUT2D eigenvalue weighted by Gasteiger charge is -2.08. The van der Waals surface area contributed by atoms with Gasteiger partial charge in [0.15, 0.2) is 0 Å². The van der Waals surface area contributed by atoms with E-state index in [4.69, 9.17) is 10.6 Å².